The summed E-state index contributed by atoms with van der Waals surface area (Å²) in [5.74, 6) is 1.25. The van der Waals surface area contributed by atoms with Gasteiger partial charge in [0.1, 0.15) is 5.82 Å². The first kappa shape index (κ1) is 7.80. The maximum atomic E-state index is 5.51. The molecule has 1 aromatic rings. The van der Waals surface area contributed by atoms with Crippen LogP contribution in [0.3, 0.4) is 0 Å². The number of aryl methyl sites for hydroxylation is 1. The molecule has 1 aliphatic heterocycles. The van der Waals surface area contributed by atoms with Gasteiger partial charge in [-0.3, -0.25) is 0 Å². The summed E-state index contributed by atoms with van der Waals surface area (Å²) >= 11 is 0. The normalized spacial score (nSPS) is 16.1. The van der Waals surface area contributed by atoms with Crippen LogP contribution in [0.15, 0.2) is 6.20 Å². The van der Waals surface area contributed by atoms with Crippen LogP contribution in [0.1, 0.15) is 24.4 Å². The fraction of sp³-hybridized carbons (Fsp3) is 0.667. The molecule has 1 aliphatic rings. The lowest BCUT2D eigenvalue weighted by Gasteiger charge is -2.15. The average Bonchev–Trinajstić information content (AvgIpc) is 2.50. The van der Waals surface area contributed by atoms with Gasteiger partial charge in [-0.05, 0) is 19.4 Å². The van der Waals surface area contributed by atoms with Crippen LogP contribution in [0.5, 0.6) is 0 Å². The number of rotatable bonds is 2. The van der Waals surface area contributed by atoms with Crippen molar-refractivity contribution in [3.05, 3.63) is 17.7 Å². The van der Waals surface area contributed by atoms with Gasteiger partial charge in [0.25, 0.3) is 0 Å². The highest BCUT2D eigenvalue weighted by molar-refractivity contribution is 5.07. The van der Waals surface area contributed by atoms with Gasteiger partial charge in [0, 0.05) is 31.3 Å². The summed E-state index contributed by atoms with van der Waals surface area (Å²) in [6, 6.07) is 0. The fourth-order valence-electron chi connectivity index (χ4n) is 1.83. The second kappa shape index (κ2) is 3.27. The molecule has 66 valence electrons. The summed E-state index contributed by atoms with van der Waals surface area (Å²) < 4.78 is 2.33. The van der Waals surface area contributed by atoms with Crippen molar-refractivity contribution in [2.24, 2.45) is 5.73 Å². The Bertz CT molecular complexity index is 265. The monoisotopic (exact) mass is 165 g/mol. The topological polar surface area (TPSA) is 43.8 Å². The summed E-state index contributed by atoms with van der Waals surface area (Å²) in [6.07, 6.45) is 6.67. The highest BCUT2D eigenvalue weighted by Crippen LogP contribution is 2.15. The van der Waals surface area contributed by atoms with Gasteiger partial charge in [-0.25, -0.2) is 4.98 Å². The third kappa shape index (κ3) is 1.25. The number of nitrogens with two attached hydrogens (primary N) is 1. The number of hydrogen-bond donors (Lipinski definition) is 1. The van der Waals surface area contributed by atoms with Crippen LogP contribution in [-0.4, -0.2) is 16.1 Å². The van der Waals surface area contributed by atoms with Gasteiger partial charge in [0.15, 0.2) is 0 Å². The third-order valence-electron chi connectivity index (χ3n) is 2.45. The Morgan fingerprint density at radius 2 is 2.42 bits per heavy atom. The molecule has 0 fully saturated rings. The van der Waals surface area contributed by atoms with E-state index in [0.29, 0.717) is 0 Å². The predicted molar refractivity (Wildman–Crippen MR) is 47.9 cm³/mol. The molecule has 3 heteroatoms. The second-order valence-corrected chi connectivity index (χ2v) is 3.31. The van der Waals surface area contributed by atoms with Crippen molar-refractivity contribution in [2.45, 2.75) is 32.2 Å². The maximum Gasteiger partial charge on any atom is 0.108 e. The molecule has 2 N–H and O–H groups in total. The smallest absolute Gasteiger partial charge is 0.108 e. The van der Waals surface area contributed by atoms with Gasteiger partial charge < -0.3 is 10.3 Å². The molecule has 0 bridgehead atoms. The van der Waals surface area contributed by atoms with Crippen LogP contribution in [0, 0.1) is 0 Å². The van der Waals surface area contributed by atoms with Crippen molar-refractivity contribution in [2.75, 3.05) is 6.54 Å². The fourth-order valence-corrected chi connectivity index (χ4v) is 1.83. The lowest BCUT2D eigenvalue weighted by atomic mass is 10.1. The summed E-state index contributed by atoms with van der Waals surface area (Å²) in [7, 11) is 0. The van der Waals surface area contributed by atoms with Crippen LogP contribution < -0.4 is 5.73 Å². The molecule has 0 aliphatic carbocycles. The molecule has 3 nitrogen and oxygen atoms in total. The van der Waals surface area contributed by atoms with E-state index in [2.05, 4.69) is 9.55 Å². The van der Waals surface area contributed by atoms with Gasteiger partial charge in [0.2, 0.25) is 0 Å². The Kier molecular flexibility index (Phi) is 2.13. The molecule has 0 atom stereocenters. The first-order valence-corrected chi connectivity index (χ1v) is 4.65. The van der Waals surface area contributed by atoms with Crippen molar-refractivity contribution in [3.63, 3.8) is 0 Å². The zero-order valence-electron chi connectivity index (χ0n) is 7.29. The molecule has 0 saturated heterocycles. The average molecular weight is 165 g/mol. The molecule has 0 saturated carbocycles. The standard InChI is InChI=1S/C9H15N3/c10-5-4-8-7-11-9-3-1-2-6-12(8)9/h7H,1-6,10H2. The molecule has 12 heavy (non-hydrogen) atoms. The minimum Gasteiger partial charge on any atom is -0.332 e. The van der Waals surface area contributed by atoms with E-state index in [0.717, 1.165) is 25.9 Å². The van der Waals surface area contributed by atoms with E-state index in [4.69, 9.17) is 5.73 Å². The highest BCUT2D eigenvalue weighted by Gasteiger charge is 2.12. The van der Waals surface area contributed by atoms with Crippen LogP contribution in [0.4, 0.5) is 0 Å². The highest BCUT2D eigenvalue weighted by atomic mass is 15.1. The molecule has 1 aromatic heterocycles. The first-order valence-electron chi connectivity index (χ1n) is 4.65. The van der Waals surface area contributed by atoms with E-state index < -0.39 is 0 Å². The van der Waals surface area contributed by atoms with E-state index >= 15 is 0 Å². The van der Waals surface area contributed by atoms with Gasteiger partial charge in [-0.1, -0.05) is 0 Å². The van der Waals surface area contributed by atoms with Gasteiger partial charge in [-0.15, -0.1) is 0 Å². The first-order chi connectivity index (χ1) is 5.92. The Morgan fingerprint density at radius 3 is 3.25 bits per heavy atom. The van der Waals surface area contributed by atoms with E-state index in [1.807, 2.05) is 6.20 Å². The van der Waals surface area contributed by atoms with Gasteiger partial charge in [0.05, 0.1) is 0 Å². The Morgan fingerprint density at radius 1 is 1.50 bits per heavy atom. The predicted octanol–water partition coefficient (Wildman–Crippen LogP) is 0.721. The summed E-state index contributed by atoms with van der Waals surface area (Å²) in [6.45, 7) is 1.87. The molecule has 0 unspecified atom stereocenters. The van der Waals surface area contributed by atoms with Crippen LogP contribution >= 0.6 is 0 Å². The van der Waals surface area contributed by atoms with E-state index in [1.165, 1.54) is 24.4 Å². The molecule has 0 aromatic carbocycles. The van der Waals surface area contributed by atoms with Gasteiger partial charge >= 0.3 is 0 Å². The minimum absolute atomic E-state index is 0.727. The van der Waals surface area contributed by atoms with Crippen molar-refractivity contribution >= 4 is 0 Å². The number of aromatic nitrogens is 2. The number of nitrogens with zero attached hydrogens (tertiary/aromatic N) is 2. The largest absolute Gasteiger partial charge is 0.332 e. The zero-order valence-corrected chi connectivity index (χ0v) is 7.29. The van der Waals surface area contributed by atoms with E-state index in [1.54, 1.807) is 0 Å². The van der Waals surface area contributed by atoms with Crippen LogP contribution in [-0.2, 0) is 19.4 Å². The third-order valence-corrected chi connectivity index (χ3v) is 2.45. The van der Waals surface area contributed by atoms with E-state index in [-0.39, 0.29) is 0 Å². The Balaban J connectivity index is 2.25. The lowest BCUT2D eigenvalue weighted by Crippen LogP contribution is -2.15. The van der Waals surface area contributed by atoms with Crippen molar-refractivity contribution in [3.8, 4) is 0 Å². The Hall–Kier alpha value is -0.830. The van der Waals surface area contributed by atoms with Crippen molar-refractivity contribution in [1.82, 2.24) is 9.55 Å². The lowest BCUT2D eigenvalue weighted by molar-refractivity contribution is 0.508. The quantitative estimate of drug-likeness (QED) is 0.701. The second-order valence-electron chi connectivity index (χ2n) is 3.31. The molecule has 2 rings (SSSR count). The summed E-state index contributed by atoms with van der Waals surface area (Å²) in [4.78, 5) is 4.38. The summed E-state index contributed by atoms with van der Waals surface area (Å²) in [5, 5.41) is 0. The SMILES string of the molecule is NCCc1cnc2n1CCCC2. The van der Waals surface area contributed by atoms with E-state index in [9.17, 15) is 0 Å². The van der Waals surface area contributed by atoms with Crippen molar-refractivity contribution < 1.29 is 0 Å². The molecule has 0 amide bonds. The van der Waals surface area contributed by atoms with Crippen LogP contribution in [0.25, 0.3) is 0 Å². The van der Waals surface area contributed by atoms with Crippen molar-refractivity contribution in [1.29, 1.82) is 0 Å². The summed E-state index contributed by atoms with van der Waals surface area (Å²) in [5.41, 5.74) is 6.82. The van der Waals surface area contributed by atoms with Gasteiger partial charge in [-0.2, -0.15) is 0 Å². The number of hydrogen-bond acceptors (Lipinski definition) is 2. The van der Waals surface area contributed by atoms with Crippen LogP contribution in [0.2, 0.25) is 0 Å². The molecule has 2 heterocycles. The number of imidazole rings is 1. The molecule has 0 radical (unpaired) electrons. The maximum absolute atomic E-state index is 5.51. The zero-order chi connectivity index (χ0) is 8.39. The Labute approximate surface area is 72.6 Å². The molecular formula is C9H15N3. The molecule has 0 spiro atoms. The number of fused-ring (bicyclic) bond motifs is 1. The molecular weight excluding hydrogens is 150 g/mol. The minimum atomic E-state index is 0.727.